The Morgan fingerprint density at radius 2 is 2.09 bits per heavy atom. The van der Waals surface area contributed by atoms with Gasteiger partial charge in [-0.1, -0.05) is 36.4 Å². The fourth-order valence-electron chi connectivity index (χ4n) is 2.20. The van der Waals surface area contributed by atoms with E-state index in [1.807, 2.05) is 30.3 Å². The zero-order valence-electron chi connectivity index (χ0n) is 12.3. The Balaban J connectivity index is 1.69. The number of carbonyl (C=O) groups is 2. The lowest BCUT2D eigenvalue weighted by Crippen LogP contribution is -2.36. The molecule has 23 heavy (non-hydrogen) atoms. The molecular formula is C16H14N4O2S. The Kier molecular flexibility index (Phi) is 4.38. The van der Waals surface area contributed by atoms with Crippen molar-refractivity contribution in [2.45, 2.75) is 13.0 Å². The molecule has 116 valence electrons. The number of amides is 2. The number of nitrogens with zero attached hydrogens (tertiary/aromatic N) is 3. The van der Waals surface area contributed by atoms with Crippen LogP contribution in [0.2, 0.25) is 0 Å². The topological polar surface area (TPSA) is 84.3 Å². The largest absolute Gasteiger partial charge is 0.346 e. The van der Waals surface area contributed by atoms with E-state index in [9.17, 15) is 9.59 Å². The Labute approximate surface area is 137 Å². The fourth-order valence-corrected chi connectivity index (χ4v) is 2.76. The summed E-state index contributed by atoms with van der Waals surface area (Å²) in [6, 6.07) is 9.08. The molecule has 0 bridgehead atoms. The summed E-state index contributed by atoms with van der Waals surface area (Å²) in [6.45, 7) is 1.80. The number of benzene rings is 1. The molecule has 0 aliphatic carbocycles. The molecular weight excluding hydrogens is 312 g/mol. The van der Waals surface area contributed by atoms with Crippen LogP contribution in [-0.2, 0) is 9.59 Å². The summed E-state index contributed by atoms with van der Waals surface area (Å²) in [5.74, 6) is -1.75. The van der Waals surface area contributed by atoms with Crippen molar-refractivity contribution in [2.24, 2.45) is 10.9 Å². The molecule has 0 fully saturated rings. The van der Waals surface area contributed by atoms with Gasteiger partial charge in [-0.2, -0.15) is 0 Å². The monoisotopic (exact) mass is 326 g/mol. The lowest BCUT2D eigenvalue weighted by atomic mass is 10.0. The van der Waals surface area contributed by atoms with Gasteiger partial charge in [0.15, 0.2) is 0 Å². The first-order valence-corrected chi connectivity index (χ1v) is 7.95. The van der Waals surface area contributed by atoms with Gasteiger partial charge in [-0.15, -0.1) is 21.5 Å². The Hall–Kier alpha value is -2.67. The standard InChI is InChI=1S/C16H14N4O2S/c1-10(16-20-17-9-23-16)18-14(21)12-7-8-13(19-15(12)22)11-5-3-2-4-6-11/h2-10,12H,1H3,(H,18,21)/t10-,12?/m0/s1. The van der Waals surface area contributed by atoms with E-state index >= 15 is 0 Å². The van der Waals surface area contributed by atoms with E-state index in [0.29, 0.717) is 10.7 Å². The van der Waals surface area contributed by atoms with Gasteiger partial charge in [-0.05, 0) is 13.0 Å². The number of hydrogen-bond acceptors (Lipinski definition) is 5. The lowest BCUT2D eigenvalue weighted by Gasteiger charge is -2.17. The summed E-state index contributed by atoms with van der Waals surface area (Å²) < 4.78 is 0. The Morgan fingerprint density at radius 1 is 1.30 bits per heavy atom. The van der Waals surface area contributed by atoms with Crippen LogP contribution in [0.25, 0.3) is 0 Å². The number of dihydropyridines is 1. The Morgan fingerprint density at radius 3 is 2.74 bits per heavy atom. The van der Waals surface area contributed by atoms with Crippen molar-refractivity contribution in [3.63, 3.8) is 0 Å². The van der Waals surface area contributed by atoms with E-state index in [-0.39, 0.29) is 11.9 Å². The van der Waals surface area contributed by atoms with Gasteiger partial charge in [-0.3, -0.25) is 9.59 Å². The van der Waals surface area contributed by atoms with Crippen LogP contribution < -0.4 is 5.32 Å². The SMILES string of the molecule is C[C@H](NC(=O)C1C=CC(c2ccccc2)=NC1=O)c1nncs1. The lowest BCUT2D eigenvalue weighted by molar-refractivity contribution is -0.131. The molecule has 2 amide bonds. The van der Waals surface area contributed by atoms with Crippen LogP contribution in [-0.4, -0.2) is 27.7 Å². The zero-order valence-corrected chi connectivity index (χ0v) is 13.2. The molecule has 2 atom stereocenters. The normalized spacial score (nSPS) is 18.4. The molecule has 7 heteroatoms. The summed E-state index contributed by atoms with van der Waals surface area (Å²) in [5, 5.41) is 11.1. The van der Waals surface area contributed by atoms with Crippen molar-refractivity contribution in [1.29, 1.82) is 0 Å². The highest BCUT2D eigenvalue weighted by Gasteiger charge is 2.28. The maximum Gasteiger partial charge on any atom is 0.262 e. The van der Waals surface area contributed by atoms with Gasteiger partial charge < -0.3 is 5.32 Å². The summed E-state index contributed by atoms with van der Waals surface area (Å²) >= 11 is 1.35. The molecule has 1 unspecified atom stereocenters. The first-order valence-electron chi connectivity index (χ1n) is 7.08. The van der Waals surface area contributed by atoms with E-state index < -0.39 is 11.8 Å². The molecule has 1 aromatic heterocycles. The molecule has 6 nitrogen and oxygen atoms in total. The minimum atomic E-state index is -0.905. The van der Waals surface area contributed by atoms with E-state index in [1.165, 1.54) is 11.3 Å². The van der Waals surface area contributed by atoms with Crippen LogP contribution in [0.3, 0.4) is 0 Å². The van der Waals surface area contributed by atoms with Crippen molar-refractivity contribution in [3.8, 4) is 0 Å². The molecule has 0 saturated carbocycles. The number of aliphatic imine (C=N–C) groups is 1. The van der Waals surface area contributed by atoms with Crippen LogP contribution in [0.1, 0.15) is 23.5 Å². The highest BCUT2D eigenvalue weighted by atomic mass is 32.1. The zero-order chi connectivity index (χ0) is 16.2. The molecule has 1 aliphatic rings. The molecule has 1 aliphatic heterocycles. The van der Waals surface area contributed by atoms with Crippen LogP contribution in [0, 0.1) is 5.92 Å². The van der Waals surface area contributed by atoms with Gasteiger partial charge in [-0.25, -0.2) is 4.99 Å². The number of aromatic nitrogens is 2. The van der Waals surface area contributed by atoms with Gasteiger partial charge in [0.2, 0.25) is 5.91 Å². The van der Waals surface area contributed by atoms with E-state index in [2.05, 4.69) is 20.5 Å². The van der Waals surface area contributed by atoms with E-state index in [4.69, 9.17) is 0 Å². The number of rotatable bonds is 4. The third-order valence-electron chi connectivity index (χ3n) is 3.40. The maximum atomic E-state index is 12.3. The van der Waals surface area contributed by atoms with E-state index in [0.717, 1.165) is 5.56 Å². The molecule has 0 saturated heterocycles. The van der Waals surface area contributed by atoms with Crippen molar-refractivity contribution >= 4 is 28.9 Å². The first-order chi connectivity index (χ1) is 11.1. The van der Waals surface area contributed by atoms with Crippen molar-refractivity contribution in [1.82, 2.24) is 15.5 Å². The Bertz CT molecular complexity index is 769. The highest BCUT2D eigenvalue weighted by molar-refractivity contribution is 7.09. The van der Waals surface area contributed by atoms with Crippen LogP contribution in [0.5, 0.6) is 0 Å². The molecule has 0 radical (unpaired) electrons. The van der Waals surface area contributed by atoms with Crippen LogP contribution >= 0.6 is 11.3 Å². The summed E-state index contributed by atoms with van der Waals surface area (Å²) in [5.41, 5.74) is 3.01. The average Bonchev–Trinajstić information content (AvgIpc) is 3.10. The summed E-state index contributed by atoms with van der Waals surface area (Å²) in [4.78, 5) is 28.5. The molecule has 1 aromatic carbocycles. The van der Waals surface area contributed by atoms with Gasteiger partial charge in [0.05, 0.1) is 11.8 Å². The van der Waals surface area contributed by atoms with Gasteiger partial charge in [0.25, 0.3) is 5.91 Å². The minimum Gasteiger partial charge on any atom is -0.346 e. The average molecular weight is 326 g/mol. The van der Waals surface area contributed by atoms with Gasteiger partial charge >= 0.3 is 0 Å². The first kappa shape index (κ1) is 15.2. The predicted octanol–water partition coefficient (Wildman–Crippen LogP) is 1.92. The summed E-state index contributed by atoms with van der Waals surface area (Å²) in [6.07, 6.45) is 3.29. The molecule has 1 N–H and O–H groups in total. The third-order valence-corrected chi connectivity index (χ3v) is 4.28. The number of carbonyl (C=O) groups excluding carboxylic acids is 2. The van der Waals surface area contributed by atoms with Crippen LogP contribution in [0.15, 0.2) is 53.0 Å². The molecule has 0 spiro atoms. The second kappa shape index (κ2) is 6.62. The van der Waals surface area contributed by atoms with Crippen molar-refractivity contribution < 1.29 is 9.59 Å². The maximum absolute atomic E-state index is 12.3. The third kappa shape index (κ3) is 3.40. The second-order valence-electron chi connectivity index (χ2n) is 5.05. The fraction of sp³-hybridized carbons (Fsp3) is 0.188. The minimum absolute atomic E-state index is 0.296. The van der Waals surface area contributed by atoms with E-state index in [1.54, 1.807) is 24.6 Å². The smallest absolute Gasteiger partial charge is 0.262 e. The number of hydrogen-bond donors (Lipinski definition) is 1. The molecule has 2 heterocycles. The van der Waals surface area contributed by atoms with Crippen molar-refractivity contribution in [2.75, 3.05) is 0 Å². The molecule has 3 rings (SSSR count). The van der Waals surface area contributed by atoms with Crippen LogP contribution in [0.4, 0.5) is 0 Å². The number of nitrogens with one attached hydrogen (secondary N) is 1. The predicted molar refractivity (Wildman–Crippen MR) is 87.1 cm³/mol. The quantitative estimate of drug-likeness (QED) is 0.870. The number of allylic oxidation sites excluding steroid dienone is 1. The van der Waals surface area contributed by atoms with Gasteiger partial charge in [0, 0.05) is 5.56 Å². The molecule has 2 aromatic rings. The van der Waals surface area contributed by atoms with Gasteiger partial charge in [0.1, 0.15) is 16.4 Å². The van der Waals surface area contributed by atoms with Crippen molar-refractivity contribution in [3.05, 3.63) is 58.6 Å². The second-order valence-corrected chi connectivity index (χ2v) is 5.91. The summed E-state index contributed by atoms with van der Waals surface area (Å²) in [7, 11) is 0. The highest BCUT2D eigenvalue weighted by Crippen LogP contribution is 2.17.